The van der Waals surface area contributed by atoms with E-state index in [4.69, 9.17) is 5.11 Å². The number of hydrogen-bond donors (Lipinski definition) is 1. The molecule has 0 saturated heterocycles. The maximum Gasteiger partial charge on any atom is 0.343 e. The molecular formula is C8H11FN2O2. The Labute approximate surface area is 75.0 Å². The summed E-state index contributed by atoms with van der Waals surface area (Å²) in [5.41, 5.74) is -1.39. The summed E-state index contributed by atoms with van der Waals surface area (Å²) in [6.07, 6.45) is 3.15. The molecule has 5 heteroatoms. The van der Waals surface area contributed by atoms with Crippen molar-refractivity contribution in [1.82, 2.24) is 9.78 Å². The summed E-state index contributed by atoms with van der Waals surface area (Å²) < 4.78 is 14.5. The molecule has 0 radical (unpaired) electrons. The van der Waals surface area contributed by atoms with Gasteiger partial charge in [0.1, 0.15) is 0 Å². The van der Waals surface area contributed by atoms with Crippen LogP contribution < -0.4 is 0 Å². The fraction of sp³-hybridized carbons (Fsp3) is 0.500. The summed E-state index contributed by atoms with van der Waals surface area (Å²) in [5, 5.41) is 12.3. The van der Waals surface area contributed by atoms with E-state index in [2.05, 4.69) is 5.10 Å². The second-order valence-corrected chi connectivity index (χ2v) is 3.22. The third-order valence-electron chi connectivity index (χ3n) is 1.67. The van der Waals surface area contributed by atoms with Crippen molar-refractivity contribution in [2.45, 2.75) is 26.1 Å². The second kappa shape index (κ2) is 3.16. The molecular weight excluding hydrogens is 175 g/mol. The van der Waals surface area contributed by atoms with E-state index in [1.807, 2.05) is 0 Å². The molecule has 1 atom stereocenters. The fourth-order valence-electron chi connectivity index (χ4n) is 0.925. The molecule has 1 N–H and O–H groups in total. The van der Waals surface area contributed by atoms with Crippen molar-refractivity contribution in [3.05, 3.63) is 18.0 Å². The molecule has 1 aromatic rings. The largest absolute Gasteiger partial charge is 0.479 e. The number of rotatable bonds is 3. The van der Waals surface area contributed by atoms with Gasteiger partial charge in [-0.2, -0.15) is 5.10 Å². The van der Waals surface area contributed by atoms with Crippen molar-refractivity contribution in [2.75, 3.05) is 0 Å². The van der Waals surface area contributed by atoms with Crippen LogP contribution in [0.3, 0.4) is 0 Å². The number of carboxylic acids is 1. The molecule has 0 spiro atoms. The van der Waals surface area contributed by atoms with Gasteiger partial charge in [0.05, 0.1) is 12.7 Å². The maximum absolute atomic E-state index is 13.2. The predicted octanol–water partition coefficient (Wildman–Crippen LogP) is 1.00. The van der Waals surface area contributed by atoms with Crippen LogP contribution >= 0.6 is 0 Å². The van der Waals surface area contributed by atoms with Crippen LogP contribution in [0.25, 0.3) is 0 Å². The monoisotopic (exact) mass is 186 g/mol. The number of aromatic nitrogens is 2. The summed E-state index contributed by atoms with van der Waals surface area (Å²) in [7, 11) is 0. The van der Waals surface area contributed by atoms with E-state index in [1.54, 1.807) is 19.3 Å². The lowest BCUT2D eigenvalue weighted by atomic mass is 10.1. The van der Waals surface area contributed by atoms with Crippen LogP contribution in [-0.2, 0) is 11.3 Å². The first-order valence-corrected chi connectivity index (χ1v) is 3.83. The van der Waals surface area contributed by atoms with Crippen LogP contribution in [0.2, 0.25) is 0 Å². The van der Waals surface area contributed by atoms with Crippen molar-refractivity contribution in [3.63, 3.8) is 0 Å². The van der Waals surface area contributed by atoms with E-state index < -0.39 is 11.6 Å². The van der Waals surface area contributed by atoms with Crippen LogP contribution in [0, 0.1) is 6.92 Å². The van der Waals surface area contributed by atoms with Crippen molar-refractivity contribution in [3.8, 4) is 0 Å². The lowest BCUT2D eigenvalue weighted by molar-refractivity contribution is -0.150. The van der Waals surface area contributed by atoms with Gasteiger partial charge in [0.15, 0.2) is 0 Å². The molecule has 72 valence electrons. The Morgan fingerprint density at radius 3 is 2.85 bits per heavy atom. The van der Waals surface area contributed by atoms with Gasteiger partial charge < -0.3 is 5.11 Å². The zero-order valence-electron chi connectivity index (χ0n) is 7.49. The first-order valence-electron chi connectivity index (χ1n) is 3.83. The minimum Gasteiger partial charge on any atom is -0.479 e. The van der Waals surface area contributed by atoms with E-state index in [9.17, 15) is 9.18 Å². The fourth-order valence-corrected chi connectivity index (χ4v) is 0.925. The molecule has 1 rings (SSSR count). The molecule has 0 fully saturated rings. The van der Waals surface area contributed by atoms with Gasteiger partial charge in [0, 0.05) is 6.20 Å². The molecule has 0 amide bonds. The molecule has 1 aromatic heterocycles. The molecule has 0 bridgehead atoms. The summed E-state index contributed by atoms with van der Waals surface area (Å²) in [5.74, 6) is -1.47. The molecule has 0 aromatic carbocycles. The number of aliphatic carboxylic acids is 1. The number of hydrogen-bond acceptors (Lipinski definition) is 2. The highest BCUT2D eigenvalue weighted by molar-refractivity contribution is 5.76. The molecule has 1 heterocycles. The SMILES string of the molecule is Cc1cnn(CC(C)(F)C(=O)O)c1. The Morgan fingerprint density at radius 1 is 1.85 bits per heavy atom. The van der Waals surface area contributed by atoms with E-state index in [0.29, 0.717) is 0 Å². The normalized spacial score (nSPS) is 15.3. The third-order valence-corrected chi connectivity index (χ3v) is 1.67. The van der Waals surface area contributed by atoms with Gasteiger partial charge in [0.25, 0.3) is 0 Å². The molecule has 0 aliphatic heterocycles. The van der Waals surface area contributed by atoms with Gasteiger partial charge in [-0.25, -0.2) is 9.18 Å². The Balaban J connectivity index is 2.74. The first-order chi connectivity index (χ1) is 5.92. The van der Waals surface area contributed by atoms with Crippen LogP contribution in [0.4, 0.5) is 4.39 Å². The highest BCUT2D eigenvalue weighted by Gasteiger charge is 2.33. The van der Waals surface area contributed by atoms with Gasteiger partial charge >= 0.3 is 5.97 Å². The minimum absolute atomic E-state index is 0.268. The number of carbonyl (C=O) groups is 1. The number of alkyl halides is 1. The molecule has 0 aliphatic carbocycles. The zero-order chi connectivity index (χ0) is 10.1. The summed E-state index contributed by atoms with van der Waals surface area (Å²) in [4.78, 5) is 10.4. The van der Waals surface area contributed by atoms with Crippen LogP contribution in [0.15, 0.2) is 12.4 Å². The van der Waals surface area contributed by atoms with E-state index in [1.165, 1.54) is 4.68 Å². The average molecular weight is 186 g/mol. The molecule has 4 nitrogen and oxygen atoms in total. The van der Waals surface area contributed by atoms with Crippen LogP contribution in [0.1, 0.15) is 12.5 Å². The van der Waals surface area contributed by atoms with Gasteiger partial charge in [-0.05, 0) is 19.4 Å². The first kappa shape index (κ1) is 9.70. The van der Waals surface area contributed by atoms with Crippen molar-refractivity contribution in [2.24, 2.45) is 0 Å². The molecule has 1 unspecified atom stereocenters. The topological polar surface area (TPSA) is 55.1 Å². The maximum atomic E-state index is 13.2. The van der Waals surface area contributed by atoms with Crippen LogP contribution in [-0.4, -0.2) is 26.5 Å². The molecule has 13 heavy (non-hydrogen) atoms. The Morgan fingerprint density at radius 2 is 2.46 bits per heavy atom. The van der Waals surface area contributed by atoms with Gasteiger partial charge in [-0.15, -0.1) is 0 Å². The van der Waals surface area contributed by atoms with Crippen LogP contribution in [0.5, 0.6) is 0 Å². The lowest BCUT2D eigenvalue weighted by Gasteiger charge is -2.14. The Bertz CT molecular complexity index is 320. The highest BCUT2D eigenvalue weighted by atomic mass is 19.1. The Hall–Kier alpha value is -1.39. The number of halogens is 1. The minimum atomic E-state index is -2.27. The predicted molar refractivity (Wildman–Crippen MR) is 44.1 cm³/mol. The smallest absolute Gasteiger partial charge is 0.343 e. The summed E-state index contributed by atoms with van der Waals surface area (Å²) >= 11 is 0. The highest BCUT2D eigenvalue weighted by Crippen LogP contribution is 2.13. The van der Waals surface area contributed by atoms with Gasteiger partial charge in [-0.3, -0.25) is 4.68 Å². The van der Waals surface area contributed by atoms with Crippen molar-refractivity contribution in [1.29, 1.82) is 0 Å². The van der Waals surface area contributed by atoms with E-state index in [0.717, 1.165) is 12.5 Å². The van der Waals surface area contributed by atoms with Crippen molar-refractivity contribution < 1.29 is 14.3 Å². The number of carboxylic acid groups (broad SMARTS) is 1. The molecule has 0 saturated carbocycles. The number of aryl methyl sites for hydroxylation is 1. The van der Waals surface area contributed by atoms with Gasteiger partial charge in [-0.1, -0.05) is 0 Å². The summed E-state index contributed by atoms with van der Waals surface area (Å²) in [6.45, 7) is 2.56. The lowest BCUT2D eigenvalue weighted by Crippen LogP contribution is -2.35. The average Bonchev–Trinajstić information content (AvgIpc) is 2.34. The van der Waals surface area contributed by atoms with Crippen molar-refractivity contribution >= 4 is 5.97 Å². The second-order valence-electron chi connectivity index (χ2n) is 3.22. The molecule has 0 aliphatic rings. The third kappa shape index (κ3) is 2.27. The Kier molecular flexibility index (Phi) is 2.36. The summed E-state index contributed by atoms with van der Waals surface area (Å²) in [6, 6.07) is 0. The van der Waals surface area contributed by atoms with E-state index in [-0.39, 0.29) is 6.54 Å². The number of nitrogens with zero attached hydrogens (tertiary/aromatic N) is 2. The van der Waals surface area contributed by atoms with Gasteiger partial charge in [0.2, 0.25) is 5.67 Å². The standard InChI is InChI=1S/C8H11FN2O2/c1-6-3-10-11(4-6)5-8(2,9)7(12)13/h3-4H,5H2,1-2H3,(H,12,13). The van der Waals surface area contributed by atoms with E-state index >= 15 is 0 Å². The quantitative estimate of drug-likeness (QED) is 0.766. The zero-order valence-corrected chi connectivity index (χ0v) is 7.49.